The molecule has 1 aliphatic rings. The standard InChI is InChI=1S/C15H16ClNO2S/c1-2-19-15(18)13-14(20-10-4-3-5-10)11-8-9(16)6-7-12(11)17-13/h6-8,10,17H,2-5H2,1H3. The van der Waals surface area contributed by atoms with Crippen molar-refractivity contribution in [2.24, 2.45) is 0 Å². The van der Waals surface area contributed by atoms with E-state index in [2.05, 4.69) is 4.98 Å². The fraction of sp³-hybridized carbons (Fsp3) is 0.400. The van der Waals surface area contributed by atoms with E-state index in [4.69, 9.17) is 16.3 Å². The van der Waals surface area contributed by atoms with Crippen LogP contribution in [0.1, 0.15) is 36.7 Å². The molecule has 1 aromatic heterocycles. The quantitative estimate of drug-likeness (QED) is 0.836. The third kappa shape index (κ3) is 2.54. The largest absolute Gasteiger partial charge is 0.461 e. The first-order valence-electron chi connectivity index (χ1n) is 6.84. The molecule has 20 heavy (non-hydrogen) atoms. The Morgan fingerprint density at radius 2 is 2.30 bits per heavy atom. The Morgan fingerprint density at radius 1 is 1.50 bits per heavy atom. The molecule has 3 rings (SSSR count). The molecule has 1 N–H and O–H groups in total. The lowest BCUT2D eigenvalue weighted by molar-refractivity contribution is 0.0516. The highest BCUT2D eigenvalue weighted by Gasteiger charge is 2.25. The molecule has 0 saturated heterocycles. The second-order valence-electron chi connectivity index (χ2n) is 4.91. The van der Waals surface area contributed by atoms with Crippen LogP contribution in [0.25, 0.3) is 10.9 Å². The highest BCUT2D eigenvalue weighted by Crippen LogP contribution is 2.42. The summed E-state index contributed by atoms with van der Waals surface area (Å²) in [4.78, 5) is 16.3. The molecular weight excluding hydrogens is 294 g/mol. The summed E-state index contributed by atoms with van der Waals surface area (Å²) in [6.07, 6.45) is 3.69. The van der Waals surface area contributed by atoms with Crippen LogP contribution < -0.4 is 0 Å². The van der Waals surface area contributed by atoms with Gasteiger partial charge in [0, 0.05) is 26.1 Å². The summed E-state index contributed by atoms with van der Waals surface area (Å²) in [6.45, 7) is 2.19. The third-order valence-electron chi connectivity index (χ3n) is 3.53. The number of aromatic nitrogens is 1. The maximum atomic E-state index is 12.1. The first-order chi connectivity index (χ1) is 9.69. The topological polar surface area (TPSA) is 42.1 Å². The molecule has 1 fully saturated rings. The number of hydrogen-bond acceptors (Lipinski definition) is 3. The van der Waals surface area contributed by atoms with Gasteiger partial charge in [-0.25, -0.2) is 4.79 Å². The van der Waals surface area contributed by atoms with Gasteiger partial charge >= 0.3 is 5.97 Å². The van der Waals surface area contributed by atoms with Gasteiger partial charge in [0.25, 0.3) is 0 Å². The summed E-state index contributed by atoms with van der Waals surface area (Å²) in [5, 5.41) is 2.29. The van der Waals surface area contributed by atoms with Crippen molar-refractivity contribution in [2.75, 3.05) is 6.61 Å². The minimum Gasteiger partial charge on any atom is -0.461 e. The number of thioether (sulfide) groups is 1. The monoisotopic (exact) mass is 309 g/mol. The van der Waals surface area contributed by atoms with Crippen molar-refractivity contribution < 1.29 is 9.53 Å². The van der Waals surface area contributed by atoms with Gasteiger partial charge in [-0.05, 0) is 38.0 Å². The average molecular weight is 310 g/mol. The van der Waals surface area contributed by atoms with Crippen LogP contribution in [0.5, 0.6) is 0 Å². The Hall–Kier alpha value is -1.13. The summed E-state index contributed by atoms with van der Waals surface area (Å²) in [5.74, 6) is -0.290. The number of H-pyrrole nitrogens is 1. The number of fused-ring (bicyclic) bond motifs is 1. The van der Waals surface area contributed by atoms with E-state index < -0.39 is 0 Å². The van der Waals surface area contributed by atoms with Crippen LogP contribution >= 0.6 is 23.4 Å². The number of rotatable bonds is 4. The van der Waals surface area contributed by atoms with Gasteiger partial charge in [-0.3, -0.25) is 0 Å². The van der Waals surface area contributed by atoms with Crippen LogP contribution in [0.3, 0.4) is 0 Å². The number of hydrogen-bond donors (Lipinski definition) is 1. The minimum absolute atomic E-state index is 0.290. The van der Waals surface area contributed by atoms with E-state index in [1.54, 1.807) is 11.8 Å². The molecule has 1 aliphatic carbocycles. The minimum atomic E-state index is -0.290. The smallest absolute Gasteiger partial charge is 0.355 e. The number of ether oxygens (including phenoxy) is 1. The number of carbonyl (C=O) groups is 1. The summed E-state index contributed by atoms with van der Waals surface area (Å²) in [5.41, 5.74) is 1.49. The Kier molecular flexibility index (Phi) is 3.94. The summed E-state index contributed by atoms with van der Waals surface area (Å²) in [6, 6.07) is 5.65. The van der Waals surface area contributed by atoms with Crippen molar-refractivity contribution in [3.8, 4) is 0 Å². The lowest BCUT2D eigenvalue weighted by atomic mass is 10.00. The van der Waals surface area contributed by atoms with Crippen molar-refractivity contribution in [1.82, 2.24) is 4.98 Å². The summed E-state index contributed by atoms with van der Waals surface area (Å²) >= 11 is 7.85. The Balaban J connectivity index is 2.06. The number of carbonyl (C=O) groups excluding carboxylic acids is 1. The Morgan fingerprint density at radius 3 is 2.95 bits per heavy atom. The van der Waals surface area contributed by atoms with Crippen LogP contribution in [-0.2, 0) is 4.74 Å². The molecule has 0 bridgehead atoms. The van der Waals surface area contributed by atoms with E-state index in [-0.39, 0.29) is 5.97 Å². The van der Waals surface area contributed by atoms with Crippen LogP contribution in [0.15, 0.2) is 23.1 Å². The zero-order valence-electron chi connectivity index (χ0n) is 11.2. The number of benzene rings is 1. The predicted octanol–water partition coefficient (Wildman–Crippen LogP) is 4.64. The molecule has 1 aromatic carbocycles. The van der Waals surface area contributed by atoms with Crippen molar-refractivity contribution in [1.29, 1.82) is 0 Å². The van der Waals surface area contributed by atoms with Gasteiger partial charge in [-0.1, -0.05) is 18.0 Å². The van der Waals surface area contributed by atoms with E-state index in [0.717, 1.165) is 15.8 Å². The zero-order chi connectivity index (χ0) is 14.1. The molecular formula is C15H16ClNO2S. The molecule has 2 aromatic rings. The van der Waals surface area contributed by atoms with Gasteiger partial charge < -0.3 is 9.72 Å². The molecule has 0 spiro atoms. The molecule has 1 saturated carbocycles. The van der Waals surface area contributed by atoms with Crippen molar-refractivity contribution in [2.45, 2.75) is 36.3 Å². The van der Waals surface area contributed by atoms with E-state index in [1.807, 2.05) is 25.1 Å². The fourth-order valence-electron chi connectivity index (χ4n) is 2.26. The van der Waals surface area contributed by atoms with Gasteiger partial charge in [0.15, 0.2) is 0 Å². The highest BCUT2D eigenvalue weighted by atomic mass is 35.5. The summed E-state index contributed by atoms with van der Waals surface area (Å²) in [7, 11) is 0. The second-order valence-corrected chi connectivity index (χ2v) is 6.66. The normalized spacial score (nSPS) is 15.3. The molecule has 0 aliphatic heterocycles. The molecule has 0 atom stereocenters. The molecule has 1 heterocycles. The molecule has 0 radical (unpaired) electrons. The van der Waals surface area contributed by atoms with Gasteiger partial charge in [0.1, 0.15) is 5.69 Å². The number of esters is 1. The SMILES string of the molecule is CCOC(=O)c1[nH]c2ccc(Cl)cc2c1SC1CCC1. The fourth-order valence-corrected chi connectivity index (χ4v) is 3.89. The molecule has 106 valence electrons. The average Bonchev–Trinajstić information content (AvgIpc) is 2.72. The Labute approximate surface area is 127 Å². The van der Waals surface area contributed by atoms with Gasteiger partial charge in [0.05, 0.1) is 6.61 Å². The van der Waals surface area contributed by atoms with Gasteiger partial charge in [-0.2, -0.15) is 0 Å². The van der Waals surface area contributed by atoms with E-state index >= 15 is 0 Å². The predicted molar refractivity (Wildman–Crippen MR) is 82.8 cm³/mol. The van der Waals surface area contributed by atoms with Crippen LogP contribution in [0.4, 0.5) is 0 Å². The highest BCUT2D eigenvalue weighted by molar-refractivity contribution is 8.00. The summed E-state index contributed by atoms with van der Waals surface area (Å²) < 4.78 is 5.15. The molecule has 0 amide bonds. The Bertz CT molecular complexity index is 649. The van der Waals surface area contributed by atoms with Gasteiger partial charge in [-0.15, -0.1) is 11.8 Å². The van der Waals surface area contributed by atoms with Crippen LogP contribution in [0.2, 0.25) is 5.02 Å². The first-order valence-corrected chi connectivity index (χ1v) is 8.09. The second kappa shape index (κ2) is 5.70. The lowest BCUT2D eigenvalue weighted by Crippen LogP contribution is -2.14. The van der Waals surface area contributed by atoms with Crippen molar-refractivity contribution in [3.05, 3.63) is 28.9 Å². The lowest BCUT2D eigenvalue weighted by Gasteiger charge is -2.24. The van der Waals surface area contributed by atoms with Crippen molar-refractivity contribution in [3.63, 3.8) is 0 Å². The van der Waals surface area contributed by atoms with Gasteiger partial charge in [0.2, 0.25) is 0 Å². The third-order valence-corrected chi connectivity index (χ3v) is 5.23. The molecule has 3 nitrogen and oxygen atoms in total. The maximum absolute atomic E-state index is 12.1. The van der Waals surface area contributed by atoms with E-state index in [9.17, 15) is 4.79 Å². The van der Waals surface area contributed by atoms with E-state index in [0.29, 0.717) is 22.6 Å². The molecule has 5 heteroatoms. The first kappa shape index (κ1) is 13.8. The molecule has 0 unspecified atom stereocenters. The van der Waals surface area contributed by atoms with E-state index in [1.165, 1.54) is 19.3 Å². The maximum Gasteiger partial charge on any atom is 0.355 e. The number of nitrogens with one attached hydrogen (secondary N) is 1. The van der Waals surface area contributed by atoms with Crippen LogP contribution in [-0.4, -0.2) is 22.8 Å². The zero-order valence-corrected chi connectivity index (χ0v) is 12.8. The van der Waals surface area contributed by atoms with Crippen molar-refractivity contribution >= 4 is 40.2 Å². The number of halogens is 1. The number of aromatic amines is 1. The van der Waals surface area contributed by atoms with Crippen LogP contribution in [0, 0.1) is 0 Å².